The molecule has 1 fully saturated rings. The molecule has 1 atom stereocenters. The van der Waals surface area contributed by atoms with Gasteiger partial charge in [-0.25, -0.2) is 0 Å². The van der Waals surface area contributed by atoms with Crippen molar-refractivity contribution in [3.8, 4) is 0 Å². The number of nitrogens with one attached hydrogen (secondary N) is 2. The highest BCUT2D eigenvalue weighted by atomic mass is 32.2. The second-order valence-electron chi connectivity index (χ2n) is 9.93. The zero-order valence-corrected chi connectivity index (χ0v) is 23.0. The molecule has 40 heavy (non-hydrogen) atoms. The molecule has 12 heteroatoms. The number of hydrogen-bond donors (Lipinski definition) is 6. The molecule has 1 saturated carbocycles. The number of rotatable bonds is 10. The quantitative estimate of drug-likeness (QED) is 0.0933. The van der Waals surface area contributed by atoms with Gasteiger partial charge in [0, 0.05) is 6.54 Å². The first-order valence-electron chi connectivity index (χ1n) is 13.2. The standard InChI is InChI=1S/C22H30BN3O4.C6H6O3S/c24-19(8-5-13-23(29)30)26-21(28)22(11-3-4-12-22)20(27)25-15-16-9-10-17-6-1-2-7-18(17)14-16;7-10(8,9)6-4-2-1-3-5-6/h1-2,6-7,9-10,14,19,29-30H,3-5,8,11-13,15,24H2,(H,25,27)(H,26,28);1-5H,(H,7,8,9). The smallest absolute Gasteiger partial charge is 0.427 e. The molecule has 1 aliphatic rings. The Labute approximate surface area is 234 Å². The summed E-state index contributed by atoms with van der Waals surface area (Å²) in [7, 11) is -5.38. The summed E-state index contributed by atoms with van der Waals surface area (Å²) in [6.45, 7) is 0.360. The molecule has 7 N–H and O–H groups in total. The van der Waals surface area contributed by atoms with Crippen LogP contribution in [0.2, 0.25) is 6.32 Å². The molecule has 0 spiro atoms. The number of amides is 2. The van der Waals surface area contributed by atoms with Crippen LogP contribution in [0.15, 0.2) is 77.7 Å². The van der Waals surface area contributed by atoms with Gasteiger partial charge in [0.2, 0.25) is 11.8 Å². The lowest BCUT2D eigenvalue weighted by atomic mass is 9.82. The minimum absolute atomic E-state index is 0.0741. The molecule has 214 valence electrons. The van der Waals surface area contributed by atoms with Crippen LogP contribution in [0.4, 0.5) is 0 Å². The Morgan fingerprint density at radius 3 is 2.15 bits per heavy atom. The van der Waals surface area contributed by atoms with E-state index >= 15 is 0 Å². The summed E-state index contributed by atoms with van der Waals surface area (Å²) < 4.78 is 29.2. The van der Waals surface area contributed by atoms with Crippen molar-refractivity contribution in [1.82, 2.24) is 10.6 Å². The van der Waals surface area contributed by atoms with Gasteiger partial charge in [-0.3, -0.25) is 14.1 Å². The predicted octanol–water partition coefficient (Wildman–Crippen LogP) is 2.60. The van der Waals surface area contributed by atoms with Crippen LogP contribution in [0.5, 0.6) is 0 Å². The Bertz CT molecular complexity index is 1380. The molecule has 4 rings (SSSR count). The van der Waals surface area contributed by atoms with Gasteiger partial charge in [0.25, 0.3) is 10.1 Å². The minimum Gasteiger partial charge on any atom is -0.427 e. The zero-order chi connectivity index (χ0) is 29.2. The Morgan fingerprint density at radius 2 is 1.55 bits per heavy atom. The van der Waals surface area contributed by atoms with Gasteiger partial charge in [0.05, 0.1) is 11.1 Å². The van der Waals surface area contributed by atoms with Crippen molar-refractivity contribution in [1.29, 1.82) is 0 Å². The fourth-order valence-electron chi connectivity index (χ4n) is 4.73. The molecule has 0 saturated heterocycles. The third-order valence-corrected chi connectivity index (χ3v) is 7.80. The van der Waals surface area contributed by atoms with Crippen LogP contribution in [-0.2, 0) is 26.3 Å². The zero-order valence-electron chi connectivity index (χ0n) is 22.2. The maximum absolute atomic E-state index is 13.1. The molecule has 0 aromatic heterocycles. The van der Waals surface area contributed by atoms with Gasteiger partial charge in [0.15, 0.2) is 0 Å². The molecule has 1 aliphatic carbocycles. The molecule has 3 aromatic carbocycles. The van der Waals surface area contributed by atoms with E-state index in [9.17, 15) is 18.0 Å². The number of benzene rings is 3. The van der Waals surface area contributed by atoms with E-state index in [0.29, 0.717) is 32.2 Å². The lowest BCUT2D eigenvalue weighted by Crippen LogP contribution is -2.54. The van der Waals surface area contributed by atoms with Crippen molar-refractivity contribution in [3.63, 3.8) is 0 Å². The molecular weight excluding hydrogens is 533 g/mol. The fourth-order valence-corrected chi connectivity index (χ4v) is 5.23. The third kappa shape index (κ3) is 8.87. The molecule has 3 aromatic rings. The van der Waals surface area contributed by atoms with E-state index in [1.807, 2.05) is 42.5 Å². The van der Waals surface area contributed by atoms with Crippen molar-refractivity contribution >= 4 is 39.8 Å². The number of carbonyl (C=O) groups is 2. The van der Waals surface area contributed by atoms with E-state index in [1.54, 1.807) is 18.2 Å². The summed E-state index contributed by atoms with van der Waals surface area (Å²) in [5.74, 6) is -0.600. The first-order chi connectivity index (χ1) is 19.0. The molecule has 0 bridgehead atoms. The van der Waals surface area contributed by atoms with E-state index in [4.69, 9.17) is 20.3 Å². The first-order valence-corrected chi connectivity index (χ1v) is 14.7. The van der Waals surface area contributed by atoms with E-state index in [-0.39, 0.29) is 23.0 Å². The van der Waals surface area contributed by atoms with Crippen molar-refractivity contribution < 1.29 is 32.6 Å². The van der Waals surface area contributed by atoms with Gasteiger partial charge >= 0.3 is 7.12 Å². The topological polar surface area (TPSA) is 179 Å². The largest absolute Gasteiger partial charge is 0.451 e. The Balaban J connectivity index is 0.000000371. The summed E-state index contributed by atoms with van der Waals surface area (Å²) in [5, 5.41) is 25.8. The van der Waals surface area contributed by atoms with Crippen LogP contribution in [0.3, 0.4) is 0 Å². The normalized spacial score (nSPS) is 15.0. The van der Waals surface area contributed by atoms with E-state index < -0.39 is 28.8 Å². The van der Waals surface area contributed by atoms with Crippen molar-refractivity contribution in [2.24, 2.45) is 11.1 Å². The summed E-state index contributed by atoms with van der Waals surface area (Å²) in [6.07, 6.45) is 3.11. The summed E-state index contributed by atoms with van der Waals surface area (Å²) in [4.78, 5) is 25.9. The number of nitrogens with two attached hydrogens (primary N) is 1. The van der Waals surface area contributed by atoms with Gasteiger partial charge < -0.3 is 26.4 Å². The lowest BCUT2D eigenvalue weighted by Gasteiger charge is -2.28. The summed E-state index contributed by atoms with van der Waals surface area (Å²) >= 11 is 0. The molecule has 0 heterocycles. The molecule has 0 aliphatic heterocycles. The van der Waals surface area contributed by atoms with Crippen LogP contribution in [0.1, 0.15) is 44.1 Å². The Hall–Kier alpha value is -3.29. The maximum atomic E-state index is 13.1. The fraction of sp³-hybridized carbons (Fsp3) is 0.357. The second-order valence-corrected chi connectivity index (χ2v) is 11.4. The third-order valence-electron chi connectivity index (χ3n) is 6.93. The maximum Gasteiger partial charge on any atom is 0.451 e. The number of hydrogen-bond acceptors (Lipinski definition) is 7. The predicted molar refractivity (Wildman–Crippen MR) is 153 cm³/mol. The van der Waals surface area contributed by atoms with Crippen molar-refractivity contribution in [2.45, 2.75) is 62.5 Å². The summed E-state index contributed by atoms with van der Waals surface area (Å²) in [5.41, 5.74) is 5.87. The van der Waals surface area contributed by atoms with E-state index in [0.717, 1.165) is 29.2 Å². The van der Waals surface area contributed by atoms with Gasteiger partial charge in [-0.05, 0) is 60.1 Å². The van der Waals surface area contributed by atoms with E-state index in [2.05, 4.69) is 10.6 Å². The molecular formula is C28H36BN3O7S. The average Bonchev–Trinajstić information content (AvgIpc) is 3.43. The Kier molecular flexibility index (Phi) is 11.2. The summed E-state index contributed by atoms with van der Waals surface area (Å²) in [6, 6.07) is 21.5. The van der Waals surface area contributed by atoms with Crippen molar-refractivity contribution in [2.75, 3.05) is 0 Å². The Morgan fingerprint density at radius 1 is 0.925 bits per heavy atom. The molecule has 1 unspecified atom stereocenters. The molecule has 0 radical (unpaired) electrons. The van der Waals surface area contributed by atoms with Gasteiger partial charge in [0.1, 0.15) is 5.41 Å². The van der Waals surface area contributed by atoms with Crippen LogP contribution >= 0.6 is 0 Å². The SMILES string of the molecule is NC(CCCB(O)O)NC(=O)C1(C(=O)NCc2ccc3ccccc3c2)CCCC1.O=S(=O)(O)c1ccccc1. The second kappa shape index (κ2) is 14.4. The van der Waals surface area contributed by atoms with Crippen LogP contribution in [-0.4, -0.2) is 48.1 Å². The van der Waals surface area contributed by atoms with Crippen LogP contribution in [0, 0.1) is 5.41 Å². The highest BCUT2D eigenvalue weighted by Crippen LogP contribution is 2.39. The van der Waals surface area contributed by atoms with E-state index in [1.165, 1.54) is 12.1 Å². The minimum atomic E-state index is -4.00. The average molecular weight is 569 g/mol. The monoisotopic (exact) mass is 569 g/mol. The lowest BCUT2D eigenvalue weighted by molar-refractivity contribution is -0.143. The van der Waals surface area contributed by atoms with Crippen molar-refractivity contribution in [3.05, 3.63) is 78.4 Å². The highest BCUT2D eigenvalue weighted by Gasteiger charge is 2.48. The molecule has 2 amide bonds. The van der Waals surface area contributed by atoms with Crippen LogP contribution < -0.4 is 16.4 Å². The van der Waals surface area contributed by atoms with Gasteiger partial charge in [-0.2, -0.15) is 8.42 Å². The highest BCUT2D eigenvalue weighted by molar-refractivity contribution is 7.85. The molecule has 10 nitrogen and oxygen atoms in total. The van der Waals surface area contributed by atoms with Gasteiger partial charge in [-0.1, -0.05) is 73.9 Å². The van der Waals surface area contributed by atoms with Crippen LogP contribution in [0.25, 0.3) is 10.8 Å². The number of fused-ring (bicyclic) bond motifs is 1. The van der Waals surface area contributed by atoms with Gasteiger partial charge in [-0.15, -0.1) is 0 Å². The first kappa shape index (κ1) is 31.2. The number of carbonyl (C=O) groups excluding carboxylic acids is 2.